The van der Waals surface area contributed by atoms with Crippen LogP contribution in [0.15, 0.2) is 23.1 Å². The number of anilines is 1. The maximum Gasteiger partial charge on any atom is 0.243 e. The van der Waals surface area contributed by atoms with Gasteiger partial charge in [0.25, 0.3) is 0 Å². The summed E-state index contributed by atoms with van der Waals surface area (Å²) in [5, 5.41) is 5.15. The Kier molecular flexibility index (Phi) is 4.12. The molecular formula is C17H23N7O. The molecule has 0 aliphatic carbocycles. The number of nitrogens with one attached hydrogen (secondary N) is 1. The number of fused-ring (bicyclic) bond motifs is 1. The van der Waals surface area contributed by atoms with Crippen molar-refractivity contribution in [2.75, 3.05) is 31.1 Å². The van der Waals surface area contributed by atoms with Crippen LogP contribution in [0.4, 0.5) is 5.82 Å². The summed E-state index contributed by atoms with van der Waals surface area (Å²) in [6.45, 7) is 9.94. The first kappa shape index (κ1) is 16.0. The van der Waals surface area contributed by atoms with Crippen LogP contribution < -0.4 is 4.90 Å². The Morgan fingerprint density at radius 3 is 2.64 bits per heavy atom. The first-order valence-electron chi connectivity index (χ1n) is 8.74. The van der Waals surface area contributed by atoms with Gasteiger partial charge in [-0.2, -0.15) is 4.98 Å². The second-order valence-corrected chi connectivity index (χ2v) is 6.78. The Balaban J connectivity index is 1.45. The fourth-order valence-electron chi connectivity index (χ4n) is 3.24. The maximum absolute atomic E-state index is 5.46. The number of nitrogens with zero attached hydrogens (tertiary/aromatic N) is 6. The average Bonchev–Trinajstić information content (AvgIpc) is 3.30. The lowest BCUT2D eigenvalue weighted by atomic mass is 10.2. The van der Waals surface area contributed by atoms with Crippen molar-refractivity contribution in [3.8, 4) is 0 Å². The van der Waals surface area contributed by atoms with Crippen LogP contribution in [0.2, 0.25) is 0 Å². The van der Waals surface area contributed by atoms with Crippen LogP contribution in [0, 0.1) is 0 Å². The lowest BCUT2D eigenvalue weighted by Crippen LogP contribution is -2.47. The number of piperazine rings is 1. The van der Waals surface area contributed by atoms with Crippen LogP contribution in [0.1, 0.15) is 44.4 Å². The zero-order chi connectivity index (χ0) is 17.4. The summed E-state index contributed by atoms with van der Waals surface area (Å²) >= 11 is 0. The summed E-state index contributed by atoms with van der Waals surface area (Å²) in [6.07, 6.45) is 3.53. The average molecular weight is 341 g/mol. The standard InChI is InChI=1S/C17H23N7O/c1-11(2)14-21-17(25-22-14)12(3)23-6-8-24(9-7-23)16-13-4-5-18-15(13)19-10-20-16/h4-5,10-12H,6-9H2,1-3H3,(H,18,19,20). The van der Waals surface area contributed by atoms with Gasteiger partial charge in [-0.1, -0.05) is 19.0 Å². The van der Waals surface area contributed by atoms with Crippen LogP contribution in [-0.4, -0.2) is 56.2 Å². The molecule has 1 N–H and O–H groups in total. The van der Waals surface area contributed by atoms with E-state index in [4.69, 9.17) is 4.52 Å². The number of hydrogen-bond acceptors (Lipinski definition) is 7. The molecule has 0 saturated carbocycles. The van der Waals surface area contributed by atoms with E-state index in [0.29, 0.717) is 5.89 Å². The highest BCUT2D eigenvalue weighted by Gasteiger charge is 2.27. The van der Waals surface area contributed by atoms with E-state index in [2.05, 4.69) is 55.7 Å². The second-order valence-electron chi connectivity index (χ2n) is 6.78. The molecule has 0 spiro atoms. The summed E-state index contributed by atoms with van der Waals surface area (Å²) in [6, 6.07) is 2.16. The Bertz CT molecular complexity index is 847. The second kappa shape index (κ2) is 6.44. The molecule has 25 heavy (non-hydrogen) atoms. The van der Waals surface area contributed by atoms with Crippen LogP contribution in [0.25, 0.3) is 11.0 Å². The summed E-state index contributed by atoms with van der Waals surface area (Å²) in [4.78, 5) is 21.1. The topological polar surface area (TPSA) is 87.0 Å². The molecule has 1 aliphatic rings. The molecule has 0 aromatic carbocycles. The van der Waals surface area contributed by atoms with Gasteiger partial charge in [0.15, 0.2) is 5.82 Å². The van der Waals surface area contributed by atoms with Gasteiger partial charge < -0.3 is 14.4 Å². The molecule has 4 rings (SSSR count). The van der Waals surface area contributed by atoms with Crippen LogP contribution >= 0.6 is 0 Å². The van der Waals surface area contributed by atoms with Crippen molar-refractivity contribution < 1.29 is 4.52 Å². The Morgan fingerprint density at radius 1 is 1.12 bits per heavy atom. The van der Waals surface area contributed by atoms with Crippen molar-refractivity contribution in [1.82, 2.24) is 30.0 Å². The molecule has 1 fully saturated rings. The summed E-state index contributed by atoms with van der Waals surface area (Å²) in [7, 11) is 0. The number of hydrogen-bond donors (Lipinski definition) is 1. The number of H-pyrrole nitrogens is 1. The molecule has 1 atom stereocenters. The molecule has 132 valence electrons. The van der Waals surface area contributed by atoms with E-state index in [9.17, 15) is 0 Å². The molecule has 1 aliphatic heterocycles. The maximum atomic E-state index is 5.46. The van der Waals surface area contributed by atoms with Crippen molar-refractivity contribution >= 4 is 16.9 Å². The molecule has 4 heterocycles. The van der Waals surface area contributed by atoms with Crippen molar-refractivity contribution in [2.45, 2.75) is 32.7 Å². The van der Waals surface area contributed by atoms with E-state index in [1.54, 1.807) is 6.33 Å². The van der Waals surface area contributed by atoms with Crippen molar-refractivity contribution in [2.24, 2.45) is 0 Å². The molecule has 8 nitrogen and oxygen atoms in total. The van der Waals surface area contributed by atoms with E-state index in [1.165, 1.54) is 0 Å². The third-order valence-electron chi connectivity index (χ3n) is 4.83. The van der Waals surface area contributed by atoms with Gasteiger partial charge in [-0.25, -0.2) is 9.97 Å². The molecule has 0 bridgehead atoms. The van der Waals surface area contributed by atoms with Gasteiger partial charge in [0, 0.05) is 38.3 Å². The van der Waals surface area contributed by atoms with Crippen LogP contribution in [0.3, 0.4) is 0 Å². The minimum Gasteiger partial charge on any atom is -0.353 e. The normalized spacial score (nSPS) is 17.5. The molecule has 3 aromatic rings. The summed E-state index contributed by atoms with van der Waals surface area (Å²) in [5.41, 5.74) is 0.882. The van der Waals surface area contributed by atoms with E-state index < -0.39 is 0 Å². The van der Waals surface area contributed by atoms with Crippen LogP contribution in [-0.2, 0) is 0 Å². The lowest BCUT2D eigenvalue weighted by molar-refractivity contribution is 0.164. The highest BCUT2D eigenvalue weighted by Crippen LogP contribution is 2.26. The zero-order valence-corrected chi connectivity index (χ0v) is 14.8. The highest BCUT2D eigenvalue weighted by molar-refractivity contribution is 5.87. The van der Waals surface area contributed by atoms with E-state index in [1.807, 2.05) is 12.3 Å². The molecule has 1 saturated heterocycles. The largest absolute Gasteiger partial charge is 0.353 e. The van der Waals surface area contributed by atoms with Crippen molar-refractivity contribution in [1.29, 1.82) is 0 Å². The summed E-state index contributed by atoms with van der Waals surface area (Å²) < 4.78 is 5.46. The van der Waals surface area contributed by atoms with Gasteiger partial charge in [0.2, 0.25) is 5.89 Å². The zero-order valence-electron chi connectivity index (χ0n) is 14.8. The van der Waals surface area contributed by atoms with Gasteiger partial charge in [-0.3, -0.25) is 4.90 Å². The van der Waals surface area contributed by atoms with Crippen molar-refractivity contribution in [3.63, 3.8) is 0 Å². The molecule has 1 unspecified atom stereocenters. The van der Waals surface area contributed by atoms with Gasteiger partial charge in [0.05, 0.1) is 11.4 Å². The van der Waals surface area contributed by atoms with E-state index in [0.717, 1.165) is 48.9 Å². The first-order chi connectivity index (χ1) is 12.1. The number of rotatable bonds is 4. The SMILES string of the molecule is CC(C)c1noc(C(C)N2CCN(c3ncnc4[nH]ccc34)CC2)n1. The molecule has 3 aromatic heterocycles. The van der Waals surface area contributed by atoms with Gasteiger partial charge in [0.1, 0.15) is 17.8 Å². The monoisotopic (exact) mass is 341 g/mol. The summed E-state index contributed by atoms with van der Waals surface area (Å²) in [5.74, 6) is 2.75. The minimum atomic E-state index is 0.125. The molecule has 0 radical (unpaired) electrons. The first-order valence-corrected chi connectivity index (χ1v) is 8.74. The van der Waals surface area contributed by atoms with E-state index in [-0.39, 0.29) is 12.0 Å². The number of aromatic nitrogens is 5. The third-order valence-corrected chi connectivity index (χ3v) is 4.83. The fraction of sp³-hybridized carbons (Fsp3) is 0.529. The number of aromatic amines is 1. The Hall–Kier alpha value is -2.48. The van der Waals surface area contributed by atoms with Crippen LogP contribution in [0.5, 0.6) is 0 Å². The Labute approximate surface area is 146 Å². The van der Waals surface area contributed by atoms with Gasteiger partial charge in [-0.15, -0.1) is 0 Å². The van der Waals surface area contributed by atoms with Crippen molar-refractivity contribution in [3.05, 3.63) is 30.3 Å². The predicted molar refractivity (Wildman–Crippen MR) is 94.5 cm³/mol. The molecule has 0 amide bonds. The lowest BCUT2D eigenvalue weighted by Gasteiger charge is -2.37. The van der Waals surface area contributed by atoms with Gasteiger partial charge >= 0.3 is 0 Å². The van der Waals surface area contributed by atoms with Gasteiger partial charge in [-0.05, 0) is 13.0 Å². The molecular weight excluding hydrogens is 318 g/mol. The quantitative estimate of drug-likeness (QED) is 0.779. The third kappa shape index (κ3) is 2.97. The predicted octanol–water partition coefficient (Wildman–Crippen LogP) is 2.35. The molecule has 8 heteroatoms. The highest BCUT2D eigenvalue weighted by atomic mass is 16.5. The fourth-order valence-corrected chi connectivity index (χ4v) is 3.24. The van der Waals surface area contributed by atoms with E-state index >= 15 is 0 Å². The Morgan fingerprint density at radius 2 is 1.92 bits per heavy atom. The smallest absolute Gasteiger partial charge is 0.243 e. The minimum absolute atomic E-state index is 0.125.